The number of primary amides is 1. The second-order valence-electron chi connectivity index (χ2n) is 9.82. The summed E-state index contributed by atoms with van der Waals surface area (Å²) in [5.74, 6) is 0.411. The fraction of sp³-hybridized carbons (Fsp3) is 0.367. The van der Waals surface area contributed by atoms with Crippen LogP contribution in [0.5, 0.6) is 0 Å². The smallest absolute Gasteiger partial charge is 0.267 e. The number of amides is 1. The molecule has 1 unspecified atom stereocenters. The van der Waals surface area contributed by atoms with Crippen molar-refractivity contribution in [1.29, 1.82) is 0 Å². The first-order valence-electron chi connectivity index (χ1n) is 13.7. The Morgan fingerprint density at radius 3 is 2.39 bits per heavy atom. The monoisotopic (exact) mass is 579 g/mol. The molecule has 2 aromatic carbocycles. The largest absolute Gasteiger partial charge is 0.364 e. The van der Waals surface area contributed by atoms with Crippen molar-refractivity contribution in [2.75, 3.05) is 11.3 Å². The SMILES string of the molecule is CCCc1nc(CC)c(C(N)=O)n1Cc1ccc(-c2ccccc2C(OCC)S(=O)(=O)Nc2onc(C)c2C)cc1. The first-order chi connectivity index (χ1) is 19.6. The van der Waals surface area contributed by atoms with E-state index < -0.39 is 21.4 Å². The molecular weight excluding hydrogens is 542 g/mol. The Balaban J connectivity index is 1.68. The van der Waals surface area contributed by atoms with Crippen LogP contribution in [0, 0.1) is 13.8 Å². The highest BCUT2D eigenvalue weighted by Gasteiger charge is 2.32. The van der Waals surface area contributed by atoms with E-state index in [2.05, 4.69) is 21.8 Å². The predicted octanol–water partition coefficient (Wildman–Crippen LogP) is 5.29. The summed E-state index contributed by atoms with van der Waals surface area (Å²) >= 11 is 0. The molecule has 218 valence electrons. The Bertz CT molecular complexity index is 1620. The van der Waals surface area contributed by atoms with Gasteiger partial charge in [-0.05, 0) is 50.3 Å². The quantitative estimate of drug-likeness (QED) is 0.219. The number of hydrogen-bond acceptors (Lipinski definition) is 7. The van der Waals surface area contributed by atoms with E-state index in [1.54, 1.807) is 32.9 Å². The number of aryl methyl sites for hydroxylation is 3. The number of carbonyl (C=O) groups excluding carboxylic acids is 1. The summed E-state index contributed by atoms with van der Waals surface area (Å²) in [6.45, 7) is 9.87. The molecule has 10 nitrogen and oxygen atoms in total. The number of anilines is 1. The van der Waals surface area contributed by atoms with Gasteiger partial charge in [0.2, 0.25) is 11.3 Å². The Kier molecular flexibility index (Phi) is 9.29. The predicted molar refractivity (Wildman–Crippen MR) is 158 cm³/mol. The van der Waals surface area contributed by atoms with Crippen LogP contribution < -0.4 is 10.5 Å². The van der Waals surface area contributed by atoms with E-state index in [1.807, 2.05) is 47.9 Å². The Morgan fingerprint density at radius 2 is 1.80 bits per heavy atom. The highest BCUT2D eigenvalue weighted by molar-refractivity contribution is 7.92. The van der Waals surface area contributed by atoms with Crippen LogP contribution in [-0.4, -0.2) is 35.6 Å². The van der Waals surface area contributed by atoms with Crippen LogP contribution in [-0.2, 0) is 34.1 Å². The number of nitrogens with one attached hydrogen (secondary N) is 1. The van der Waals surface area contributed by atoms with E-state index in [9.17, 15) is 13.2 Å². The summed E-state index contributed by atoms with van der Waals surface area (Å²) < 4.78 is 42.5. The minimum absolute atomic E-state index is 0.0672. The topological polar surface area (TPSA) is 142 Å². The molecule has 0 saturated heterocycles. The van der Waals surface area contributed by atoms with Crippen LogP contribution in [0.2, 0.25) is 0 Å². The Hall–Kier alpha value is -3.96. The molecule has 41 heavy (non-hydrogen) atoms. The van der Waals surface area contributed by atoms with Gasteiger partial charge in [0.15, 0.2) is 0 Å². The summed E-state index contributed by atoms with van der Waals surface area (Å²) in [7, 11) is -4.06. The molecule has 0 radical (unpaired) electrons. The number of aromatic nitrogens is 3. The van der Waals surface area contributed by atoms with Gasteiger partial charge in [-0.2, -0.15) is 0 Å². The number of sulfonamides is 1. The third kappa shape index (κ3) is 6.36. The average molecular weight is 580 g/mol. The van der Waals surface area contributed by atoms with Crippen molar-refractivity contribution in [3.8, 4) is 11.1 Å². The lowest BCUT2D eigenvalue weighted by molar-refractivity contribution is 0.0990. The molecule has 0 spiro atoms. The van der Waals surface area contributed by atoms with Crippen LogP contribution >= 0.6 is 0 Å². The zero-order valence-corrected chi connectivity index (χ0v) is 24.9. The Morgan fingerprint density at radius 1 is 1.10 bits per heavy atom. The normalized spacial score (nSPS) is 12.4. The number of benzene rings is 2. The highest BCUT2D eigenvalue weighted by Crippen LogP contribution is 2.35. The number of hydrogen-bond donors (Lipinski definition) is 2. The molecule has 3 N–H and O–H groups in total. The van der Waals surface area contributed by atoms with Crippen LogP contribution in [0.4, 0.5) is 5.88 Å². The molecule has 4 rings (SSSR count). The molecule has 1 amide bonds. The van der Waals surface area contributed by atoms with Crippen molar-refractivity contribution >= 4 is 21.8 Å². The minimum Gasteiger partial charge on any atom is -0.364 e. The standard InChI is InChI=1S/C30H37N5O5S/c1-6-11-26-32-25(7-2)27(28(31)36)35(26)18-21-14-16-22(17-15-21)23-12-9-10-13-24(23)30(39-8-3)41(37,38)34-29-19(4)20(5)33-40-29/h9-10,12-17,30,34H,6-8,11,18H2,1-5H3,(H2,31,36). The summed E-state index contributed by atoms with van der Waals surface area (Å²) in [5, 5.41) is 3.84. The van der Waals surface area contributed by atoms with Gasteiger partial charge in [-0.25, -0.2) is 18.1 Å². The first-order valence-corrected chi connectivity index (χ1v) is 15.3. The second kappa shape index (κ2) is 12.7. The van der Waals surface area contributed by atoms with Crippen LogP contribution in [0.1, 0.15) is 77.0 Å². The molecule has 0 bridgehead atoms. The fourth-order valence-electron chi connectivity index (χ4n) is 4.79. The number of carbonyl (C=O) groups is 1. The van der Waals surface area contributed by atoms with Crippen molar-refractivity contribution in [3.05, 3.63) is 88.1 Å². The second-order valence-corrected chi connectivity index (χ2v) is 11.5. The van der Waals surface area contributed by atoms with Gasteiger partial charge in [0.05, 0.1) is 11.4 Å². The first kappa shape index (κ1) is 30.0. The zero-order valence-electron chi connectivity index (χ0n) is 24.1. The maximum absolute atomic E-state index is 13.5. The molecule has 11 heteroatoms. The maximum Gasteiger partial charge on any atom is 0.267 e. The van der Waals surface area contributed by atoms with E-state index in [0.29, 0.717) is 46.7 Å². The van der Waals surface area contributed by atoms with Gasteiger partial charge in [0.1, 0.15) is 11.5 Å². The molecular formula is C30H37N5O5S. The average Bonchev–Trinajstić information content (AvgIpc) is 3.46. The Labute approximate surface area is 241 Å². The van der Waals surface area contributed by atoms with E-state index in [4.69, 9.17) is 15.0 Å². The van der Waals surface area contributed by atoms with Gasteiger partial charge in [-0.15, -0.1) is 0 Å². The zero-order chi connectivity index (χ0) is 29.7. The van der Waals surface area contributed by atoms with Gasteiger partial charge in [-0.3, -0.25) is 4.79 Å². The van der Waals surface area contributed by atoms with Gasteiger partial charge >= 0.3 is 0 Å². The summed E-state index contributed by atoms with van der Waals surface area (Å²) in [5.41, 5.74) is 9.80. The number of nitrogens with zero attached hydrogens (tertiary/aromatic N) is 3. The molecule has 2 heterocycles. The van der Waals surface area contributed by atoms with E-state index >= 15 is 0 Å². The van der Waals surface area contributed by atoms with E-state index in [0.717, 1.165) is 29.8 Å². The third-order valence-corrected chi connectivity index (χ3v) is 8.40. The minimum atomic E-state index is -4.06. The number of imidazole rings is 1. The molecule has 0 fully saturated rings. The van der Waals surface area contributed by atoms with Crippen LogP contribution in [0.15, 0.2) is 53.1 Å². The number of rotatable bonds is 13. The van der Waals surface area contributed by atoms with Crippen molar-refractivity contribution < 1.29 is 22.5 Å². The molecule has 0 saturated carbocycles. The van der Waals surface area contributed by atoms with E-state index in [-0.39, 0.29) is 12.5 Å². The van der Waals surface area contributed by atoms with Crippen molar-refractivity contribution in [3.63, 3.8) is 0 Å². The molecule has 4 aromatic rings. The number of nitrogens with two attached hydrogens (primary N) is 1. The molecule has 0 aliphatic carbocycles. The molecule has 0 aliphatic heterocycles. The lowest BCUT2D eigenvalue weighted by Gasteiger charge is -2.21. The molecule has 0 aliphatic rings. The van der Waals surface area contributed by atoms with Crippen LogP contribution in [0.25, 0.3) is 11.1 Å². The summed E-state index contributed by atoms with van der Waals surface area (Å²) in [6.07, 6.45) is 2.24. The lowest BCUT2D eigenvalue weighted by atomic mass is 9.99. The van der Waals surface area contributed by atoms with Crippen molar-refractivity contribution in [2.45, 2.75) is 65.9 Å². The van der Waals surface area contributed by atoms with Gasteiger partial charge < -0.3 is 19.6 Å². The van der Waals surface area contributed by atoms with Gasteiger partial charge in [0.25, 0.3) is 15.9 Å². The van der Waals surface area contributed by atoms with Gasteiger partial charge in [0, 0.05) is 30.7 Å². The third-order valence-electron chi connectivity index (χ3n) is 6.97. The maximum atomic E-state index is 13.5. The fourth-order valence-corrected chi connectivity index (χ4v) is 6.20. The van der Waals surface area contributed by atoms with Crippen molar-refractivity contribution in [1.82, 2.24) is 14.7 Å². The molecule has 1 atom stereocenters. The molecule has 2 aromatic heterocycles. The van der Waals surface area contributed by atoms with E-state index in [1.165, 1.54) is 0 Å². The summed E-state index contributed by atoms with van der Waals surface area (Å²) in [4.78, 5) is 17.0. The van der Waals surface area contributed by atoms with Crippen molar-refractivity contribution in [2.24, 2.45) is 5.73 Å². The number of ether oxygens (including phenoxy) is 1. The van der Waals surface area contributed by atoms with Crippen LogP contribution in [0.3, 0.4) is 0 Å². The van der Waals surface area contributed by atoms with Gasteiger partial charge in [-0.1, -0.05) is 67.5 Å². The summed E-state index contributed by atoms with van der Waals surface area (Å²) in [6, 6.07) is 15.0. The lowest BCUT2D eigenvalue weighted by Crippen LogP contribution is -2.24. The highest BCUT2D eigenvalue weighted by atomic mass is 32.2.